The summed E-state index contributed by atoms with van der Waals surface area (Å²) in [6.07, 6.45) is 1.62. The van der Waals surface area contributed by atoms with Gasteiger partial charge < -0.3 is 19.5 Å². The standard InChI is InChI=1S/C26H23N3O5/c1-29(26(31)28-17-7-5-4-6-8-17)18-9-11-19(12-10-18)34-23-13-14-27-22-16-24(32-2)21(15-20(22)23)25(30)33-3/h4-16H,1-3H3,(H,28,31). The Morgan fingerprint density at radius 3 is 2.32 bits per heavy atom. The van der Waals surface area contributed by atoms with Crippen LogP contribution >= 0.6 is 0 Å². The average Bonchev–Trinajstić information content (AvgIpc) is 2.88. The molecule has 0 aliphatic carbocycles. The predicted octanol–water partition coefficient (Wildman–Crippen LogP) is 5.49. The van der Waals surface area contributed by atoms with Crippen LogP contribution < -0.4 is 19.7 Å². The van der Waals surface area contributed by atoms with E-state index in [-0.39, 0.29) is 11.6 Å². The van der Waals surface area contributed by atoms with Gasteiger partial charge in [0.1, 0.15) is 22.8 Å². The van der Waals surface area contributed by atoms with Crippen molar-refractivity contribution in [2.24, 2.45) is 0 Å². The second kappa shape index (κ2) is 9.91. The van der Waals surface area contributed by atoms with Gasteiger partial charge in [-0.05, 0) is 48.5 Å². The minimum atomic E-state index is -0.519. The zero-order valence-electron chi connectivity index (χ0n) is 18.9. The van der Waals surface area contributed by atoms with E-state index in [9.17, 15) is 9.59 Å². The summed E-state index contributed by atoms with van der Waals surface area (Å²) in [5.74, 6) is 0.921. The highest BCUT2D eigenvalue weighted by Gasteiger charge is 2.17. The van der Waals surface area contributed by atoms with Crippen LogP contribution in [0.15, 0.2) is 79.0 Å². The third-order valence-electron chi connectivity index (χ3n) is 5.21. The molecule has 0 unspecified atom stereocenters. The maximum atomic E-state index is 12.5. The molecule has 0 spiro atoms. The molecule has 0 aliphatic rings. The van der Waals surface area contributed by atoms with Crippen LogP contribution in [0.1, 0.15) is 10.4 Å². The summed E-state index contributed by atoms with van der Waals surface area (Å²) >= 11 is 0. The fraction of sp³-hybridized carbons (Fsp3) is 0.115. The fourth-order valence-corrected chi connectivity index (χ4v) is 3.39. The summed E-state index contributed by atoms with van der Waals surface area (Å²) in [5.41, 5.74) is 2.29. The van der Waals surface area contributed by atoms with E-state index in [0.717, 1.165) is 0 Å². The van der Waals surface area contributed by atoms with Crippen LogP contribution in [0.4, 0.5) is 16.2 Å². The Balaban J connectivity index is 1.55. The Labute approximate surface area is 196 Å². The molecule has 4 rings (SSSR count). The van der Waals surface area contributed by atoms with Crippen molar-refractivity contribution < 1.29 is 23.8 Å². The average molecular weight is 457 g/mol. The van der Waals surface area contributed by atoms with Crippen molar-refractivity contribution in [1.29, 1.82) is 0 Å². The normalized spacial score (nSPS) is 10.4. The molecule has 0 radical (unpaired) electrons. The van der Waals surface area contributed by atoms with Gasteiger partial charge in [0.25, 0.3) is 0 Å². The molecule has 8 heteroatoms. The van der Waals surface area contributed by atoms with E-state index >= 15 is 0 Å². The number of esters is 1. The first-order valence-electron chi connectivity index (χ1n) is 10.4. The molecule has 1 heterocycles. The van der Waals surface area contributed by atoms with Gasteiger partial charge in [0.05, 0.1) is 19.7 Å². The first-order valence-corrected chi connectivity index (χ1v) is 10.4. The molecular weight excluding hydrogens is 434 g/mol. The lowest BCUT2D eigenvalue weighted by Gasteiger charge is -2.18. The topological polar surface area (TPSA) is 90.0 Å². The molecule has 0 atom stereocenters. The molecule has 4 aromatic rings. The van der Waals surface area contributed by atoms with Crippen LogP contribution in [0.5, 0.6) is 17.2 Å². The molecule has 0 aliphatic heterocycles. The Morgan fingerprint density at radius 1 is 0.912 bits per heavy atom. The second-order valence-corrected chi connectivity index (χ2v) is 7.32. The molecule has 172 valence electrons. The van der Waals surface area contributed by atoms with Gasteiger partial charge in [-0.3, -0.25) is 9.88 Å². The van der Waals surface area contributed by atoms with Gasteiger partial charge in [-0.25, -0.2) is 9.59 Å². The number of urea groups is 1. The molecule has 34 heavy (non-hydrogen) atoms. The summed E-state index contributed by atoms with van der Waals surface area (Å²) in [6, 6.07) is 21.1. The van der Waals surface area contributed by atoms with E-state index in [1.807, 2.05) is 30.3 Å². The second-order valence-electron chi connectivity index (χ2n) is 7.32. The van der Waals surface area contributed by atoms with Crippen molar-refractivity contribution in [3.63, 3.8) is 0 Å². The van der Waals surface area contributed by atoms with Crippen molar-refractivity contribution in [2.75, 3.05) is 31.5 Å². The number of hydrogen-bond donors (Lipinski definition) is 1. The zero-order chi connectivity index (χ0) is 24.1. The Morgan fingerprint density at radius 2 is 1.65 bits per heavy atom. The number of hydrogen-bond acceptors (Lipinski definition) is 6. The Kier molecular flexibility index (Phi) is 6.59. The van der Waals surface area contributed by atoms with E-state index in [4.69, 9.17) is 14.2 Å². The van der Waals surface area contributed by atoms with Gasteiger partial charge in [0.2, 0.25) is 0 Å². The van der Waals surface area contributed by atoms with Gasteiger partial charge in [-0.1, -0.05) is 18.2 Å². The van der Waals surface area contributed by atoms with E-state index in [0.29, 0.717) is 39.5 Å². The number of methoxy groups -OCH3 is 2. The Hall–Kier alpha value is -4.59. The van der Waals surface area contributed by atoms with Gasteiger partial charge in [0, 0.05) is 36.1 Å². The van der Waals surface area contributed by atoms with Crippen LogP contribution in [-0.4, -0.2) is 38.3 Å². The minimum absolute atomic E-state index is 0.260. The number of carbonyl (C=O) groups is 2. The third-order valence-corrected chi connectivity index (χ3v) is 5.21. The molecule has 3 aromatic carbocycles. The molecular formula is C26H23N3O5. The van der Waals surface area contributed by atoms with E-state index in [1.165, 1.54) is 19.1 Å². The number of aromatic nitrogens is 1. The highest BCUT2D eigenvalue weighted by Crippen LogP contribution is 2.34. The van der Waals surface area contributed by atoms with E-state index in [2.05, 4.69) is 10.3 Å². The SMILES string of the molecule is COC(=O)c1cc2c(Oc3ccc(N(C)C(=O)Nc4ccccc4)cc3)ccnc2cc1OC. The lowest BCUT2D eigenvalue weighted by Crippen LogP contribution is -2.31. The van der Waals surface area contributed by atoms with Crippen molar-refractivity contribution in [1.82, 2.24) is 4.98 Å². The number of para-hydroxylation sites is 1. The van der Waals surface area contributed by atoms with Gasteiger partial charge in [-0.15, -0.1) is 0 Å². The summed E-state index contributed by atoms with van der Waals surface area (Å²) in [5, 5.41) is 3.48. The maximum absolute atomic E-state index is 12.5. The van der Waals surface area contributed by atoms with Crippen LogP contribution in [0.25, 0.3) is 10.9 Å². The molecule has 1 aromatic heterocycles. The van der Waals surface area contributed by atoms with Gasteiger partial charge in [0.15, 0.2) is 0 Å². The van der Waals surface area contributed by atoms with Crippen molar-refractivity contribution in [2.45, 2.75) is 0 Å². The lowest BCUT2D eigenvalue weighted by molar-refractivity contribution is 0.0597. The molecule has 8 nitrogen and oxygen atoms in total. The Bertz CT molecular complexity index is 1320. The number of benzene rings is 3. The van der Waals surface area contributed by atoms with Crippen LogP contribution in [-0.2, 0) is 4.74 Å². The summed E-state index contributed by atoms with van der Waals surface area (Å²) in [7, 11) is 4.48. The number of amides is 2. The van der Waals surface area contributed by atoms with Crippen LogP contribution in [0.2, 0.25) is 0 Å². The van der Waals surface area contributed by atoms with Crippen molar-refractivity contribution in [3.8, 4) is 17.2 Å². The number of rotatable bonds is 6. The monoisotopic (exact) mass is 457 g/mol. The summed E-state index contributed by atoms with van der Waals surface area (Å²) < 4.78 is 16.2. The predicted molar refractivity (Wildman–Crippen MR) is 130 cm³/mol. The fourth-order valence-electron chi connectivity index (χ4n) is 3.39. The molecule has 1 N–H and O–H groups in total. The number of fused-ring (bicyclic) bond motifs is 1. The number of ether oxygens (including phenoxy) is 3. The first kappa shape index (κ1) is 22.6. The molecule has 0 bridgehead atoms. The smallest absolute Gasteiger partial charge is 0.341 e. The largest absolute Gasteiger partial charge is 0.496 e. The number of pyridine rings is 1. The summed E-state index contributed by atoms with van der Waals surface area (Å²) in [6.45, 7) is 0. The number of anilines is 2. The lowest BCUT2D eigenvalue weighted by atomic mass is 10.1. The molecule has 2 amide bonds. The molecule has 0 saturated carbocycles. The zero-order valence-corrected chi connectivity index (χ0v) is 18.9. The molecule has 0 fully saturated rings. The quantitative estimate of drug-likeness (QED) is 0.385. The van der Waals surface area contributed by atoms with E-state index < -0.39 is 5.97 Å². The highest BCUT2D eigenvalue weighted by molar-refractivity contribution is 6.01. The highest BCUT2D eigenvalue weighted by atomic mass is 16.5. The van der Waals surface area contributed by atoms with Gasteiger partial charge in [-0.2, -0.15) is 0 Å². The number of nitrogens with one attached hydrogen (secondary N) is 1. The van der Waals surface area contributed by atoms with E-state index in [1.54, 1.807) is 55.7 Å². The minimum Gasteiger partial charge on any atom is -0.496 e. The maximum Gasteiger partial charge on any atom is 0.341 e. The number of carbonyl (C=O) groups excluding carboxylic acids is 2. The number of nitrogens with zero attached hydrogens (tertiary/aromatic N) is 2. The van der Waals surface area contributed by atoms with Crippen LogP contribution in [0.3, 0.4) is 0 Å². The van der Waals surface area contributed by atoms with Crippen LogP contribution in [0, 0.1) is 0 Å². The third kappa shape index (κ3) is 4.75. The summed E-state index contributed by atoms with van der Waals surface area (Å²) in [4.78, 5) is 30.6. The van der Waals surface area contributed by atoms with Gasteiger partial charge >= 0.3 is 12.0 Å². The van der Waals surface area contributed by atoms with Crippen molar-refractivity contribution >= 4 is 34.3 Å². The molecule has 0 saturated heterocycles. The first-order chi connectivity index (χ1) is 16.5. The van der Waals surface area contributed by atoms with Crippen molar-refractivity contribution in [3.05, 3.63) is 84.6 Å².